The molecule has 160 valence electrons. The average Bonchev–Trinajstić information content (AvgIpc) is 2.98. The molecule has 1 aromatic rings. The Balaban J connectivity index is 0.00000300. The predicted molar refractivity (Wildman–Crippen MR) is 120 cm³/mol. The highest BCUT2D eigenvalue weighted by Crippen LogP contribution is 2.30. The van der Waals surface area contributed by atoms with Crippen molar-refractivity contribution >= 4 is 41.9 Å². The van der Waals surface area contributed by atoms with Crippen LogP contribution in [0.25, 0.3) is 0 Å². The van der Waals surface area contributed by atoms with Crippen LogP contribution >= 0.6 is 24.0 Å². The minimum atomic E-state index is -0.832. The SMILES string of the molecule is CCNC(=NCc1cccnc1OC)N1CCC(C2(C)NC(=O)NC2=O)CC1.I. The van der Waals surface area contributed by atoms with Crippen LogP contribution in [-0.2, 0) is 11.3 Å². The number of carbonyl (C=O) groups is 2. The summed E-state index contributed by atoms with van der Waals surface area (Å²) in [6.07, 6.45) is 3.29. The zero-order valence-electron chi connectivity index (χ0n) is 17.0. The van der Waals surface area contributed by atoms with Gasteiger partial charge in [0.25, 0.3) is 5.91 Å². The molecule has 0 spiro atoms. The topological polar surface area (TPSA) is 108 Å². The maximum atomic E-state index is 12.2. The minimum absolute atomic E-state index is 0. The van der Waals surface area contributed by atoms with E-state index in [-0.39, 0.29) is 35.8 Å². The number of pyridine rings is 1. The summed E-state index contributed by atoms with van der Waals surface area (Å²) in [6, 6.07) is 3.41. The van der Waals surface area contributed by atoms with Gasteiger partial charge < -0.3 is 20.3 Å². The Labute approximate surface area is 188 Å². The van der Waals surface area contributed by atoms with E-state index in [1.807, 2.05) is 26.0 Å². The van der Waals surface area contributed by atoms with Gasteiger partial charge in [-0.2, -0.15) is 0 Å². The molecule has 9 nitrogen and oxygen atoms in total. The van der Waals surface area contributed by atoms with E-state index in [4.69, 9.17) is 9.73 Å². The van der Waals surface area contributed by atoms with E-state index in [2.05, 4.69) is 25.8 Å². The number of methoxy groups -OCH3 is 1. The third-order valence-corrected chi connectivity index (χ3v) is 5.46. The Kier molecular flexibility index (Phi) is 8.05. The molecule has 3 heterocycles. The Morgan fingerprint density at radius 3 is 2.72 bits per heavy atom. The molecule has 3 N–H and O–H groups in total. The average molecular weight is 516 g/mol. The number of urea groups is 1. The van der Waals surface area contributed by atoms with Gasteiger partial charge in [-0.05, 0) is 38.7 Å². The maximum absolute atomic E-state index is 12.2. The van der Waals surface area contributed by atoms with Crippen LogP contribution in [0.15, 0.2) is 23.3 Å². The lowest BCUT2D eigenvalue weighted by Gasteiger charge is -2.39. The molecule has 0 aliphatic carbocycles. The Morgan fingerprint density at radius 1 is 1.41 bits per heavy atom. The number of carbonyl (C=O) groups excluding carboxylic acids is 2. The summed E-state index contributed by atoms with van der Waals surface area (Å²) < 4.78 is 5.30. The number of amides is 3. The molecule has 1 aromatic heterocycles. The molecule has 0 bridgehead atoms. The van der Waals surface area contributed by atoms with Gasteiger partial charge in [-0.3, -0.25) is 10.1 Å². The maximum Gasteiger partial charge on any atom is 0.322 e. The van der Waals surface area contributed by atoms with Gasteiger partial charge >= 0.3 is 6.03 Å². The largest absolute Gasteiger partial charge is 0.481 e. The number of hydrogen-bond acceptors (Lipinski definition) is 5. The van der Waals surface area contributed by atoms with Crippen molar-refractivity contribution in [3.05, 3.63) is 23.9 Å². The smallest absolute Gasteiger partial charge is 0.322 e. The number of hydrogen-bond donors (Lipinski definition) is 3. The molecule has 2 saturated heterocycles. The third-order valence-electron chi connectivity index (χ3n) is 5.46. The molecule has 2 aliphatic rings. The number of guanidine groups is 1. The second kappa shape index (κ2) is 10.1. The lowest BCUT2D eigenvalue weighted by atomic mass is 9.79. The number of likely N-dealkylation sites (tertiary alicyclic amines) is 1. The van der Waals surface area contributed by atoms with Gasteiger partial charge in [-0.25, -0.2) is 14.8 Å². The fourth-order valence-corrected chi connectivity index (χ4v) is 3.83. The van der Waals surface area contributed by atoms with Gasteiger partial charge in [0.1, 0.15) is 5.54 Å². The molecular formula is C19H29IN6O3. The normalized spacial score (nSPS) is 22.6. The molecule has 1 atom stereocenters. The van der Waals surface area contributed by atoms with Crippen molar-refractivity contribution in [2.45, 2.75) is 38.8 Å². The third kappa shape index (κ3) is 5.09. The van der Waals surface area contributed by atoms with Crippen LogP contribution < -0.4 is 20.7 Å². The standard InChI is InChI=1S/C19H28N6O3.HI/c1-4-20-17(22-12-13-6-5-9-21-15(13)28-3)25-10-7-14(8-11-25)19(2)16(26)23-18(27)24-19;/h5-6,9,14H,4,7-8,10-12H2,1-3H3,(H,20,22)(H2,23,24,26,27);1H. The van der Waals surface area contributed by atoms with E-state index in [0.717, 1.165) is 44.0 Å². The number of nitrogens with one attached hydrogen (secondary N) is 3. The summed E-state index contributed by atoms with van der Waals surface area (Å²) in [5.41, 5.74) is 0.0926. The highest BCUT2D eigenvalue weighted by Gasteiger charge is 2.48. The summed E-state index contributed by atoms with van der Waals surface area (Å²) in [5, 5.41) is 8.48. The number of piperidine rings is 1. The van der Waals surface area contributed by atoms with E-state index in [9.17, 15) is 9.59 Å². The van der Waals surface area contributed by atoms with Gasteiger partial charge in [-0.1, -0.05) is 6.07 Å². The fraction of sp³-hybridized carbons (Fsp3) is 0.579. The lowest BCUT2D eigenvalue weighted by Crippen LogP contribution is -2.55. The number of aliphatic imine (C=N–C) groups is 1. The zero-order valence-corrected chi connectivity index (χ0v) is 19.4. The molecule has 0 aromatic carbocycles. The highest BCUT2D eigenvalue weighted by atomic mass is 127. The first-order valence-corrected chi connectivity index (χ1v) is 9.62. The van der Waals surface area contributed by atoms with Crippen molar-refractivity contribution in [2.75, 3.05) is 26.7 Å². The molecule has 10 heteroatoms. The Bertz CT molecular complexity index is 766. The molecule has 3 amide bonds. The fourth-order valence-electron chi connectivity index (χ4n) is 3.83. The second-order valence-electron chi connectivity index (χ2n) is 7.21. The van der Waals surface area contributed by atoms with E-state index < -0.39 is 11.6 Å². The van der Waals surface area contributed by atoms with E-state index >= 15 is 0 Å². The molecule has 0 saturated carbocycles. The molecule has 29 heavy (non-hydrogen) atoms. The van der Waals surface area contributed by atoms with Crippen LogP contribution in [0.5, 0.6) is 5.88 Å². The van der Waals surface area contributed by atoms with Gasteiger partial charge in [0, 0.05) is 31.4 Å². The Hall–Kier alpha value is -2.11. The van der Waals surface area contributed by atoms with Crippen LogP contribution in [0.2, 0.25) is 0 Å². The first kappa shape index (κ1) is 23.2. The van der Waals surface area contributed by atoms with Crippen molar-refractivity contribution in [1.82, 2.24) is 25.8 Å². The van der Waals surface area contributed by atoms with E-state index in [1.54, 1.807) is 13.3 Å². The van der Waals surface area contributed by atoms with E-state index in [0.29, 0.717) is 12.4 Å². The zero-order chi connectivity index (χ0) is 20.1. The monoisotopic (exact) mass is 516 g/mol. The number of ether oxygens (including phenoxy) is 1. The van der Waals surface area contributed by atoms with Gasteiger partial charge in [0.15, 0.2) is 5.96 Å². The first-order chi connectivity index (χ1) is 13.5. The van der Waals surface area contributed by atoms with Crippen molar-refractivity contribution in [1.29, 1.82) is 0 Å². The quantitative estimate of drug-likeness (QED) is 0.237. The van der Waals surface area contributed by atoms with Crippen LogP contribution in [0.1, 0.15) is 32.3 Å². The van der Waals surface area contributed by atoms with Gasteiger partial charge in [0.05, 0.1) is 13.7 Å². The summed E-state index contributed by atoms with van der Waals surface area (Å²) in [6.45, 7) is 6.60. The number of halogens is 1. The number of imide groups is 1. The summed E-state index contributed by atoms with van der Waals surface area (Å²) in [7, 11) is 1.60. The summed E-state index contributed by atoms with van der Waals surface area (Å²) in [4.78, 5) is 34.9. The van der Waals surface area contributed by atoms with Crippen LogP contribution in [0.4, 0.5) is 4.79 Å². The van der Waals surface area contributed by atoms with Crippen molar-refractivity contribution in [3.8, 4) is 5.88 Å². The molecule has 2 aliphatic heterocycles. The molecule has 2 fully saturated rings. The molecule has 3 rings (SSSR count). The summed E-state index contributed by atoms with van der Waals surface area (Å²) >= 11 is 0. The van der Waals surface area contributed by atoms with E-state index in [1.165, 1.54) is 0 Å². The molecule has 1 unspecified atom stereocenters. The highest BCUT2D eigenvalue weighted by molar-refractivity contribution is 14.0. The predicted octanol–water partition coefficient (Wildman–Crippen LogP) is 1.48. The summed E-state index contributed by atoms with van der Waals surface area (Å²) in [5.74, 6) is 1.27. The lowest BCUT2D eigenvalue weighted by molar-refractivity contribution is -0.125. The minimum Gasteiger partial charge on any atom is -0.481 e. The number of nitrogens with zero attached hydrogens (tertiary/aromatic N) is 3. The molecule has 0 radical (unpaired) electrons. The first-order valence-electron chi connectivity index (χ1n) is 9.62. The van der Waals surface area contributed by atoms with Crippen molar-refractivity contribution in [3.63, 3.8) is 0 Å². The Morgan fingerprint density at radius 2 is 2.14 bits per heavy atom. The van der Waals surface area contributed by atoms with Gasteiger partial charge in [-0.15, -0.1) is 24.0 Å². The number of aromatic nitrogens is 1. The van der Waals surface area contributed by atoms with Crippen LogP contribution in [0.3, 0.4) is 0 Å². The van der Waals surface area contributed by atoms with Crippen LogP contribution in [0, 0.1) is 5.92 Å². The van der Waals surface area contributed by atoms with Gasteiger partial charge in [0.2, 0.25) is 5.88 Å². The second-order valence-corrected chi connectivity index (χ2v) is 7.21. The van der Waals surface area contributed by atoms with Crippen LogP contribution in [-0.4, -0.2) is 60.1 Å². The van der Waals surface area contributed by atoms with Crippen molar-refractivity contribution < 1.29 is 14.3 Å². The number of rotatable bonds is 5. The van der Waals surface area contributed by atoms with Crippen molar-refractivity contribution in [2.24, 2.45) is 10.9 Å². The molecular weight excluding hydrogens is 487 g/mol.